The Hall–Kier alpha value is -2.37. The van der Waals surface area contributed by atoms with Crippen LogP contribution < -0.4 is 5.73 Å². The van der Waals surface area contributed by atoms with Crippen molar-refractivity contribution in [3.63, 3.8) is 0 Å². The lowest BCUT2D eigenvalue weighted by Gasteiger charge is -1.98. The Balaban J connectivity index is 0.000000367. The lowest BCUT2D eigenvalue weighted by atomic mass is 10.3. The fourth-order valence-electron chi connectivity index (χ4n) is 1.54. The van der Waals surface area contributed by atoms with Gasteiger partial charge < -0.3 is 5.73 Å². The second-order valence-corrected chi connectivity index (χ2v) is 3.84. The number of aromatic nitrogens is 5. The molecular weight excluding hydrogens is 228 g/mol. The minimum atomic E-state index is 0.423. The second kappa shape index (κ2) is 5.31. The van der Waals surface area contributed by atoms with E-state index >= 15 is 0 Å². The van der Waals surface area contributed by atoms with Gasteiger partial charge in [-0.2, -0.15) is 5.10 Å². The van der Waals surface area contributed by atoms with Crippen molar-refractivity contribution >= 4 is 11.5 Å². The average Bonchev–Trinajstić information content (AvgIpc) is 2.98. The molecule has 0 amide bonds. The van der Waals surface area contributed by atoms with E-state index in [0.717, 1.165) is 11.3 Å². The first-order valence-electron chi connectivity index (χ1n) is 5.84. The van der Waals surface area contributed by atoms with E-state index in [0.29, 0.717) is 11.5 Å². The molecule has 94 valence electrons. The maximum Gasteiger partial charge on any atom is 0.180 e. The summed E-state index contributed by atoms with van der Waals surface area (Å²) in [7, 11) is 0. The highest BCUT2D eigenvalue weighted by molar-refractivity contribution is 5.68. The number of anilines is 1. The monoisotopic (exact) mass is 244 g/mol. The predicted octanol–water partition coefficient (Wildman–Crippen LogP) is 2.12. The molecule has 0 aliphatic rings. The number of aromatic amines is 1. The SMILES string of the molecule is CCC.Nc1nccn2c(-c3cn[nH]c3)cnc12. The van der Waals surface area contributed by atoms with E-state index in [1.165, 1.54) is 6.42 Å². The summed E-state index contributed by atoms with van der Waals surface area (Å²) >= 11 is 0. The highest BCUT2D eigenvalue weighted by Crippen LogP contribution is 2.20. The van der Waals surface area contributed by atoms with Crippen molar-refractivity contribution < 1.29 is 0 Å². The van der Waals surface area contributed by atoms with Crippen LogP contribution in [0, 0.1) is 0 Å². The summed E-state index contributed by atoms with van der Waals surface area (Å²) in [4.78, 5) is 8.18. The molecule has 3 N–H and O–H groups in total. The van der Waals surface area contributed by atoms with Gasteiger partial charge in [0.25, 0.3) is 0 Å². The van der Waals surface area contributed by atoms with E-state index in [9.17, 15) is 0 Å². The van der Waals surface area contributed by atoms with Crippen LogP contribution in [-0.4, -0.2) is 24.6 Å². The standard InChI is InChI=1S/C9H8N6.C3H8/c10-8-9-12-5-7(6-3-13-14-4-6)15(9)2-1-11-8;1-3-2/h1-5H,(H2,10,11)(H,13,14);3H2,1-2H3. The molecule has 6 nitrogen and oxygen atoms in total. The molecule has 0 aliphatic carbocycles. The number of nitrogens with one attached hydrogen (secondary N) is 1. The van der Waals surface area contributed by atoms with Gasteiger partial charge in [-0.15, -0.1) is 0 Å². The van der Waals surface area contributed by atoms with E-state index < -0.39 is 0 Å². The Morgan fingerprint density at radius 2 is 2.06 bits per heavy atom. The smallest absolute Gasteiger partial charge is 0.180 e. The van der Waals surface area contributed by atoms with Crippen LogP contribution in [0.15, 0.2) is 31.0 Å². The molecule has 0 saturated heterocycles. The largest absolute Gasteiger partial charge is 0.381 e. The van der Waals surface area contributed by atoms with Crippen molar-refractivity contribution in [2.24, 2.45) is 0 Å². The molecular formula is C12H16N6. The van der Waals surface area contributed by atoms with Gasteiger partial charge in [-0.3, -0.25) is 9.50 Å². The molecule has 0 aliphatic heterocycles. The molecule has 0 saturated carbocycles. The van der Waals surface area contributed by atoms with Crippen molar-refractivity contribution in [3.05, 3.63) is 31.0 Å². The molecule has 0 atom stereocenters. The Bertz CT molecular complexity index is 611. The zero-order valence-corrected chi connectivity index (χ0v) is 10.5. The Morgan fingerprint density at radius 1 is 1.28 bits per heavy atom. The minimum absolute atomic E-state index is 0.423. The van der Waals surface area contributed by atoms with Crippen LogP contribution in [0.1, 0.15) is 20.3 Å². The van der Waals surface area contributed by atoms with E-state index in [1.54, 1.807) is 24.8 Å². The van der Waals surface area contributed by atoms with Crippen LogP contribution in [-0.2, 0) is 0 Å². The lowest BCUT2D eigenvalue weighted by molar-refractivity contribution is 1.09. The zero-order valence-electron chi connectivity index (χ0n) is 10.5. The van der Waals surface area contributed by atoms with Crippen LogP contribution in [0.2, 0.25) is 0 Å². The number of rotatable bonds is 1. The van der Waals surface area contributed by atoms with Crippen molar-refractivity contribution in [1.29, 1.82) is 0 Å². The van der Waals surface area contributed by atoms with Crippen LogP contribution in [0.4, 0.5) is 5.82 Å². The molecule has 3 heterocycles. The first-order valence-corrected chi connectivity index (χ1v) is 5.84. The molecule has 6 heteroatoms. The molecule has 0 radical (unpaired) electrons. The normalized spacial score (nSPS) is 10.1. The van der Waals surface area contributed by atoms with Crippen molar-refractivity contribution in [2.75, 3.05) is 5.73 Å². The summed E-state index contributed by atoms with van der Waals surface area (Å²) < 4.78 is 1.88. The Labute approximate surface area is 105 Å². The number of imidazole rings is 1. The van der Waals surface area contributed by atoms with Gasteiger partial charge in [0, 0.05) is 24.2 Å². The van der Waals surface area contributed by atoms with E-state index in [-0.39, 0.29) is 0 Å². The fraction of sp³-hybridized carbons (Fsp3) is 0.250. The number of fused-ring (bicyclic) bond motifs is 1. The highest BCUT2D eigenvalue weighted by atomic mass is 15.1. The molecule has 18 heavy (non-hydrogen) atoms. The van der Waals surface area contributed by atoms with Crippen LogP contribution in [0.25, 0.3) is 16.9 Å². The first kappa shape index (κ1) is 12.1. The van der Waals surface area contributed by atoms with E-state index in [1.807, 2.05) is 10.6 Å². The van der Waals surface area contributed by atoms with Gasteiger partial charge in [-0.05, 0) is 0 Å². The Morgan fingerprint density at radius 3 is 2.72 bits per heavy atom. The topological polar surface area (TPSA) is 84.9 Å². The summed E-state index contributed by atoms with van der Waals surface area (Å²) in [6, 6.07) is 0. The zero-order chi connectivity index (χ0) is 13.0. The summed E-state index contributed by atoms with van der Waals surface area (Å²) in [6.45, 7) is 4.25. The number of nitrogen functional groups attached to an aromatic ring is 1. The third-order valence-corrected chi connectivity index (χ3v) is 2.25. The van der Waals surface area contributed by atoms with Gasteiger partial charge in [0.15, 0.2) is 11.5 Å². The van der Waals surface area contributed by atoms with Gasteiger partial charge in [0.05, 0.1) is 18.1 Å². The summed E-state index contributed by atoms with van der Waals surface area (Å²) in [6.07, 6.45) is 10.0. The number of H-pyrrole nitrogens is 1. The molecule has 0 fully saturated rings. The lowest BCUT2D eigenvalue weighted by Crippen LogP contribution is -1.96. The Kier molecular flexibility index (Phi) is 3.57. The molecule has 3 rings (SSSR count). The molecule has 0 unspecified atom stereocenters. The van der Waals surface area contributed by atoms with Gasteiger partial charge >= 0.3 is 0 Å². The minimum Gasteiger partial charge on any atom is -0.381 e. The second-order valence-electron chi connectivity index (χ2n) is 3.84. The van der Waals surface area contributed by atoms with Gasteiger partial charge in [0.1, 0.15) is 0 Å². The van der Waals surface area contributed by atoms with Crippen molar-refractivity contribution in [2.45, 2.75) is 20.3 Å². The molecule has 3 aromatic heterocycles. The third-order valence-electron chi connectivity index (χ3n) is 2.25. The number of hydrogen-bond donors (Lipinski definition) is 2. The average molecular weight is 244 g/mol. The number of hydrogen-bond acceptors (Lipinski definition) is 4. The number of nitrogens with two attached hydrogens (primary N) is 1. The molecule has 0 aromatic carbocycles. The molecule has 0 bridgehead atoms. The molecule has 3 aromatic rings. The van der Waals surface area contributed by atoms with Crippen molar-refractivity contribution in [3.8, 4) is 11.3 Å². The quantitative estimate of drug-likeness (QED) is 0.686. The van der Waals surface area contributed by atoms with Gasteiger partial charge in [-0.25, -0.2) is 9.97 Å². The number of nitrogens with zero attached hydrogens (tertiary/aromatic N) is 4. The van der Waals surface area contributed by atoms with Crippen LogP contribution in [0.3, 0.4) is 0 Å². The summed E-state index contributed by atoms with van der Waals surface area (Å²) in [5.74, 6) is 0.423. The first-order chi connectivity index (χ1) is 8.77. The highest BCUT2D eigenvalue weighted by Gasteiger charge is 2.08. The summed E-state index contributed by atoms with van der Waals surface area (Å²) in [5, 5.41) is 6.65. The fourth-order valence-corrected chi connectivity index (χ4v) is 1.54. The van der Waals surface area contributed by atoms with E-state index in [2.05, 4.69) is 34.0 Å². The van der Waals surface area contributed by atoms with E-state index in [4.69, 9.17) is 5.73 Å². The predicted molar refractivity (Wildman–Crippen MR) is 70.9 cm³/mol. The van der Waals surface area contributed by atoms with Crippen LogP contribution in [0.5, 0.6) is 0 Å². The van der Waals surface area contributed by atoms with Crippen molar-refractivity contribution in [1.82, 2.24) is 24.6 Å². The van der Waals surface area contributed by atoms with Crippen LogP contribution >= 0.6 is 0 Å². The maximum atomic E-state index is 5.71. The van der Waals surface area contributed by atoms with Gasteiger partial charge in [-0.1, -0.05) is 20.3 Å². The van der Waals surface area contributed by atoms with Gasteiger partial charge in [0.2, 0.25) is 0 Å². The molecule has 0 spiro atoms. The maximum absolute atomic E-state index is 5.71. The third kappa shape index (κ3) is 2.17. The summed E-state index contributed by atoms with van der Waals surface area (Å²) in [5.41, 5.74) is 8.27.